The number of amides is 2. The van der Waals surface area contributed by atoms with Crippen LogP contribution in [0.4, 0.5) is 10.5 Å². The Hall–Kier alpha value is -1.18. The van der Waals surface area contributed by atoms with Crippen LogP contribution < -0.4 is 5.32 Å². The highest BCUT2D eigenvalue weighted by Gasteiger charge is 2.21. The second-order valence-corrected chi connectivity index (χ2v) is 7.94. The predicted octanol–water partition coefficient (Wildman–Crippen LogP) is 4.48. The maximum Gasteiger partial charge on any atom is 0.321 e. The molecule has 108 valence electrons. The fourth-order valence-corrected chi connectivity index (χ4v) is 4.12. The molecule has 2 amide bonds. The van der Waals surface area contributed by atoms with Crippen molar-refractivity contribution < 1.29 is 9.59 Å². The van der Waals surface area contributed by atoms with Crippen LogP contribution in [-0.2, 0) is 6.54 Å². The number of hydrogen-bond donors (Lipinski definition) is 1. The van der Waals surface area contributed by atoms with E-state index in [1.807, 2.05) is 12.1 Å². The van der Waals surface area contributed by atoms with Gasteiger partial charge in [0.2, 0.25) is 5.78 Å². The number of nitrogens with zero attached hydrogens (tertiary/aromatic N) is 1. The van der Waals surface area contributed by atoms with Crippen molar-refractivity contribution in [3.63, 3.8) is 0 Å². The van der Waals surface area contributed by atoms with Gasteiger partial charge in [-0.05, 0) is 61.7 Å². The van der Waals surface area contributed by atoms with Crippen molar-refractivity contribution in [1.82, 2.24) is 4.90 Å². The first-order valence-electron chi connectivity index (χ1n) is 6.10. The normalized spacial score (nSPS) is 13.9. The minimum absolute atomic E-state index is 0.0197. The third-order valence-corrected chi connectivity index (χ3v) is 6.49. The van der Waals surface area contributed by atoms with Crippen molar-refractivity contribution in [2.24, 2.45) is 0 Å². The Morgan fingerprint density at radius 3 is 2.76 bits per heavy atom. The Labute approximate surface area is 142 Å². The molecule has 0 unspecified atom stereocenters. The number of carbonyl (C=O) groups is 2. The van der Waals surface area contributed by atoms with Crippen LogP contribution in [0.5, 0.6) is 0 Å². The molecule has 4 nitrogen and oxygen atoms in total. The van der Waals surface area contributed by atoms with Gasteiger partial charge in [0.15, 0.2) is 0 Å². The average molecular weight is 430 g/mol. The zero-order chi connectivity index (χ0) is 15.1. The lowest BCUT2D eigenvalue weighted by molar-refractivity contribution is 0.104. The quantitative estimate of drug-likeness (QED) is 0.715. The van der Waals surface area contributed by atoms with E-state index in [1.54, 1.807) is 24.1 Å². The van der Waals surface area contributed by atoms with Crippen LogP contribution in [-0.4, -0.2) is 23.8 Å². The van der Waals surface area contributed by atoms with Crippen molar-refractivity contribution in [3.8, 4) is 0 Å². The summed E-state index contributed by atoms with van der Waals surface area (Å²) in [5.74, 6) is -0.0197. The van der Waals surface area contributed by atoms with E-state index < -0.39 is 0 Å². The summed E-state index contributed by atoms with van der Waals surface area (Å²) in [6.45, 7) is 0.500. The molecule has 2 aromatic rings. The topological polar surface area (TPSA) is 49.4 Å². The van der Waals surface area contributed by atoms with Gasteiger partial charge in [-0.25, -0.2) is 4.79 Å². The van der Waals surface area contributed by atoms with Gasteiger partial charge in [0.1, 0.15) is 0 Å². The first kappa shape index (κ1) is 14.7. The molecular weight excluding hydrogens is 420 g/mol. The molecule has 0 atom stereocenters. The van der Waals surface area contributed by atoms with Crippen molar-refractivity contribution in [1.29, 1.82) is 0 Å². The summed E-state index contributed by atoms with van der Waals surface area (Å²) in [6, 6.07) is 7.05. The number of anilines is 1. The van der Waals surface area contributed by atoms with Gasteiger partial charge in [0.25, 0.3) is 0 Å². The van der Waals surface area contributed by atoms with Crippen LogP contribution in [0, 0.1) is 0 Å². The van der Waals surface area contributed by atoms with E-state index in [1.165, 1.54) is 11.3 Å². The lowest BCUT2D eigenvalue weighted by Gasteiger charge is -2.26. The van der Waals surface area contributed by atoms with Crippen LogP contribution in [0.15, 0.2) is 32.5 Å². The highest BCUT2D eigenvalue weighted by atomic mass is 79.9. The molecule has 1 aromatic carbocycles. The first-order valence-corrected chi connectivity index (χ1v) is 8.50. The summed E-state index contributed by atoms with van der Waals surface area (Å²) in [5, 5.41) is 2.79. The van der Waals surface area contributed by atoms with Gasteiger partial charge in [0.05, 0.1) is 8.66 Å². The molecule has 3 rings (SSSR count). The fourth-order valence-electron chi connectivity index (χ4n) is 2.13. The monoisotopic (exact) mass is 428 g/mol. The fraction of sp³-hybridized carbons (Fsp3) is 0.143. The van der Waals surface area contributed by atoms with E-state index in [0.717, 1.165) is 19.5 Å². The maximum absolute atomic E-state index is 12.5. The van der Waals surface area contributed by atoms with Crippen LogP contribution in [0.3, 0.4) is 0 Å². The Morgan fingerprint density at radius 1 is 1.33 bits per heavy atom. The smallest absolute Gasteiger partial charge is 0.321 e. The number of benzene rings is 1. The molecule has 2 heterocycles. The Morgan fingerprint density at radius 2 is 2.10 bits per heavy atom. The minimum atomic E-state index is -0.132. The van der Waals surface area contributed by atoms with Crippen molar-refractivity contribution in [2.75, 3.05) is 12.4 Å². The summed E-state index contributed by atoms with van der Waals surface area (Å²) in [6.07, 6.45) is 0. The largest absolute Gasteiger partial charge is 0.323 e. The molecule has 0 fully saturated rings. The van der Waals surface area contributed by atoms with Crippen molar-refractivity contribution >= 4 is 60.7 Å². The van der Waals surface area contributed by atoms with Crippen molar-refractivity contribution in [3.05, 3.63) is 48.5 Å². The summed E-state index contributed by atoms with van der Waals surface area (Å²) >= 11 is 8.18. The number of halogens is 2. The highest BCUT2D eigenvalue weighted by Crippen LogP contribution is 2.34. The van der Waals surface area contributed by atoms with Crippen LogP contribution >= 0.6 is 43.2 Å². The number of thiophene rings is 1. The summed E-state index contributed by atoms with van der Waals surface area (Å²) < 4.78 is 1.77. The second-order valence-electron chi connectivity index (χ2n) is 4.72. The molecule has 1 aliphatic heterocycles. The van der Waals surface area contributed by atoms with E-state index in [9.17, 15) is 9.59 Å². The highest BCUT2D eigenvalue weighted by molar-refractivity contribution is 9.13. The number of hydrogen-bond acceptors (Lipinski definition) is 3. The number of urea groups is 1. The molecular formula is C14H10Br2N2O2S. The summed E-state index contributed by atoms with van der Waals surface area (Å²) in [4.78, 5) is 26.3. The standard InChI is InChI=1S/C14H10Br2N2O2S/c1-18-6-8-4-7(2-3-10(8)17-14(18)20)12(19)11-5-9(15)13(16)21-11/h2-5H,6H2,1H3,(H,17,20). The molecule has 1 aliphatic rings. The molecule has 0 aliphatic carbocycles. The Bertz CT molecular complexity index is 738. The van der Waals surface area contributed by atoms with Gasteiger partial charge in [0, 0.05) is 29.3 Å². The van der Waals surface area contributed by atoms with Gasteiger partial charge in [-0.15, -0.1) is 11.3 Å². The van der Waals surface area contributed by atoms with Gasteiger partial charge in [-0.1, -0.05) is 0 Å². The second kappa shape index (κ2) is 5.55. The number of carbonyl (C=O) groups excluding carboxylic acids is 2. The number of ketones is 1. The zero-order valence-corrected chi connectivity index (χ0v) is 14.9. The average Bonchev–Trinajstić information content (AvgIpc) is 2.79. The lowest BCUT2D eigenvalue weighted by Crippen LogP contribution is -2.35. The molecule has 0 saturated carbocycles. The van der Waals surface area contributed by atoms with E-state index in [0.29, 0.717) is 17.0 Å². The number of rotatable bonds is 2. The van der Waals surface area contributed by atoms with E-state index in [2.05, 4.69) is 37.2 Å². The Balaban J connectivity index is 1.95. The van der Waals surface area contributed by atoms with E-state index in [4.69, 9.17) is 0 Å². The predicted molar refractivity (Wildman–Crippen MR) is 90.1 cm³/mol. The summed E-state index contributed by atoms with van der Waals surface area (Å²) in [7, 11) is 1.72. The van der Waals surface area contributed by atoms with Gasteiger partial charge < -0.3 is 10.2 Å². The van der Waals surface area contributed by atoms with Gasteiger partial charge in [-0.3, -0.25) is 4.79 Å². The molecule has 1 N–H and O–H groups in total. The number of nitrogens with one attached hydrogen (secondary N) is 1. The van der Waals surface area contributed by atoms with Gasteiger partial charge >= 0.3 is 6.03 Å². The molecule has 0 bridgehead atoms. The van der Waals surface area contributed by atoms with Gasteiger partial charge in [-0.2, -0.15) is 0 Å². The third kappa shape index (κ3) is 2.77. The summed E-state index contributed by atoms with van der Waals surface area (Å²) in [5.41, 5.74) is 2.33. The zero-order valence-electron chi connectivity index (χ0n) is 10.9. The Kier molecular flexibility index (Phi) is 3.90. The molecule has 21 heavy (non-hydrogen) atoms. The first-order chi connectivity index (χ1) is 9.95. The third-order valence-electron chi connectivity index (χ3n) is 3.23. The molecule has 7 heteroatoms. The van der Waals surface area contributed by atoms with Crippen molar-refractivity contribution in [2.45, 2.75) is 6.54 Å². The van der Waals surface area contributed by atoms with E-state index in [-0.39, 0.29) is 11.8 Å². The molecule has 1 aromatic heterocycles. The maximum atomic E-state index is 12.5. The van der Waals surface area contributed by atoms with Crippen LogP contribution in [0.25, 0.3) is 0 Å². The molecule has 0 saturated heterocycles. The minimum Gasteiger partial charge on any atom is -0.323 e. The van der Waals surface area contributed by atoms with Crippen LogP contribution in [0.1, 0.15) is 20.8 Å². The van der Waals surface area contributed by atoms with Crippen LogP contribution in [0.2, 0.25) is 0 Å². The molecule has 0 spiro atoms. The SMILES string of the molecule is CN1Cc2cc(C(=O)c3cc(Br)c(Br)s3)ccc2NC1=O. The lowest BCUT2D eigenvalue weighted by atomic mass is 10.0. The molecule has 0 radical (unpaired) electrons. The number of fused-ring (bicyclic) bond motifs is 1. The van der Waals surface area contributed by atoms with E-state index >= 15 is 0 Å².